The summed E-state index contributed by atoms with van der Waals surface area (Å²) in [6.45, 7) is 2.88. The predicted molar refractivity (Wildman–Crippen MR) is 55.7 cm³/mol. The maximum atomic E-state index is 11.6. The zero-order valence-electron chi connectivity index (χ0n) is 8.79. The fourth-order valence-corrected chi connectivity index (χ4v) is 1.20. The van der Waals surface area contributed by atoms with Crippen LogP contribution in [0.4, 0.5) is 0 Å². The van der Waals surface area contributed by atoms with Crippen molar-refractivity contribution in [3.63, 3.8) is 0 Å². The lowest BCUT2D eigenvalue weighted by Gasteiger charge is -2.17. The van der Waals surface area contributed by atoms with E-state index in [4.69, 9.17) is 15.9 Å². The van der Waals surface area contributed by atoms with E-state index in [1.807, 2.05) is 6.92 Å². The maximum Gasteiger partial charge on any atom is 0.290 e. The number of hydrogen-bond donors (Lipinski definition) is 1. The van der Waals surface area contributed by atoms with Crippen LogP contribution in [-0.2, 0) is 14.3 Å². The fourth-order valence-electron chi connectivity index (χ4n) is 1.20. The first-order valence-corrected chi connectivity index (χ1v) is 4.99. The molecule has 4 heteroatoms. The molecule has 0 fully saturated rings. The van der Waals surface area contributed by atoms with Gasteiger partial charge in [0.1, 0.15) is 19.5 Å². The summed E-state index contributed by atoms with van der Waals surface area (Å²) in [5.41, 5.74) is 0. The molecule has 1 rings (SSSR count). The largest absolute Gasteiger partial charge is 0.494 e. The Kier molecular flexibility index (Phi) is 4.55. The van der Waals surface area contributed by atoms with Gasteiger partial charge < -0.3 is 14.8 Å². The van der Waals surface area contributed by atoms with Gasteiger partial charge in [-0.25, -0.2) is 0 Å². The van der Waals surface area contributed by atoms with Crippen LogP contribution in [0.3, 0.4) is 0 Å². The lowest BCUT2D eigenvalue weighted by atomic mass is 10.2. The molecule has 0 aromatic rings. The SMILES string of the molecule is C#CC(CCC)NC(=O)C1=COCCO1. The third-order valence-corrected chi connectivity index (χ3v) is 1.96. The van der Waals surface area contributed by atoms with Crippen molar-refractivity contribution in [1.29, 1.82) is 0 Å². The van der Waals surface area contributed by atoms with E-state index in [1.165, 1.54) is 6.26 Å². The van der Waals surface area contributed by atoms with Crippen LogP contribution in [0.5, 0.6) is 0 Å². The Morgan fingerprint density at radius 3 is 3.07 bits per heavy atom. The molecule has 0 aliphatic carbocycles. The van der Waals surface area contributed by atoms with E-state index in [0.29, 0.717) is 13.2 Å². The zero-order valence-corrected chi connectivity index (χ0v) is 8.79. The molecule has 4 nitrogen and oxygen atoms in total. The quantitative estimate of drug-likeness (QED) is 0.696. The molecule has 0 aromatic carbocycles. The Morgan fingerprint density at radius 2 is 2.53 bits per heavy atom. The molecule has 0 radical (unpaired) electrons. The zero-order chi connectivity index (χ0) is 11.1. The number of rotatable bonds is 4. The first-order chi connectivity index (χ1) is 7.27. The number of ether oxygens (including phenoxy) is 2. The van der Waals surface area contributed by atoms with Crippen LogP contribution >= 0.6 is 0 Å². The average Bonchev–Trinajstić information content (AvgIpc) is 2.29. The van der Waals surface area contributed by atoms with Crippen molar-refractivity contribution in [2.24, 2.45) is 0 Å². The molecule has 0 aromatic heterocycles. The summed E-state index contributed by atoms with van der Waals surface area (Å²) in [5.74, 6) is 2.40. The van der Waals surface area contributed by atoms with Crippen LogP contribution in [-0.4, -0.2) is 25.2 Å². The standard InChI is InChI=1S/C11H15NO3/c1-3-5-9(4-2)12-11(13)10-8-14-6-7-15-10/h2,8-9H,3,5-7H2,1H3,(H,12,13). The lowest BCUT2D eigenvalue weighted by molar-refractivity contribution is -0.122. The Balaban J connectivity index is 2.46. The van der Waals surface area contributed by atoms with Crippen molar-refractivity contribution in [2.45, 2.75) is 25.8 Å². The Hall–Kier alpha value is -1.63. The van der Waals surface area contributed by atoms with Crippen LogP contribution in [0.1, 0.15) is 19.8 Å². The van der Waals surface area contributed by atoms with E-state index < -0.39 is 0 Å². The van der Waals surface area contributed by atoms with Crippen molar-refractivity contribution >= 4 is 5.91 Å². The molecule has 1 aliphatic heterocycles. The second-order valence-corrected chi connectivity index (χ2v) is 3.18. The summed E-state index contributed by atoms with van der Waals surface area (Å²) in [6, 6.07) is -0.242. The van der Waals surface area contributed by atoms with E-state index in [0.717, 1.165) is 12.8 Å². The van der Waals surface area contributed by atoms with Gasteiger partial charge in [0, 0.05) is 0 Å². The third kappa shape index (κ3) is 3.55. The molecule has 1 atom stereocenters. The molecule has 0 saturated heterocycles. The average molecular weight is 209 g/mol. The van der Waals surface area contributed by atoms with E-state index >= 15 is 0 Å². The van der Waals surface area contributed by atoms with Gasteiger partial charge in [-0.15, -0.1) is 6.42 Å². The first-order valence-electron chi connectivity index (χ1n) is 4.99. The van der Waals surface area contributed by atoms with Gasteiger partial charge in [0.2, 0.25) is 5.76 Å². The summed E-state index contributed by atoms with van der Waals surface area (Å²) < 4.78 is 10.1. The molecule has 1 unspecified atom stereocenters. The smallest absolute Gasteiger partial charge is 0.290 e. The minimum atomic E-state index is -0.314. The second-order valence-electron chi connectivity index (χ2n) is 3.18. The number of nitrogens with one attached hydrogen (secondary N) is 1. The lowest BCUT2D eigenvalue weighted by Crippen LogP contribution is -2.36. The maximum absolute atomic E-state index is 11.6. The molecule has 0 saturated carbocycles. The highest BCUT2D eigenvalue weighted by molar-refractivity contribution is 5.91. The molecule has 1 aliphatic rings. The molecule has 1 amide bonds. The molecule has 82 valence electrons. The van der Waals surface area contributed by atoms with Crippen molar-refractivity contribution in [3.8, 4) is 12.3 Å². The molecule has 0 spiro atoms. The van der Waals surface area contributed by atoms with E-state index in [-0.39, 0.29) is 17.7 Å². The van der Waals surface area contributed by atoms with E-state index in [2.05, 4.69) is 11.2 Å². The Labute approximate surface area is 89.6 Å². The van der Waals surface area contributed by atoms with Crippen molar-refractivity contribution < 1.29 is 14.3 Å². The number of hydrogen-bond acceptors (Lipinski definition) is 3. The van der Waals surface area contributed by atoms with Crippen molar-refractivity contribution in [1.82, 2.24) is 5.32 Å². The number of carbonyl (C=O) groups excluding carboxylic acids is 1. The summed E-state index contributed by atoms with van der Waals surface area (Å²) >= 11 is 0. The summed E-state index contributed by atoms with van der Waals surface area (Å²) in [5, 5.41) is 2.69. The molecule has 1 N–H and O–H groups in total. The van der Waals surface area contributed by atoms with Crippen LogP contribution in [0.2, 0.25) is 0 Å². The number of carbonyl (C=O) groups is 1. The minimum Gasteiger partial charge on any atom is -0.494 e. The summed E-state index contributed by atoms with van der Waals surface area (Å²) in [4.78, 5) is 11.6. The van der Waals surface area contributed by atoms with Crippen LogP contribution in [0, 0.1) is 12.3 Å². The Morgan fingerprint density at radius 1 is 1.73 bits per heavy atom. The highest BCUT2D eigenvalue weighted by atomic mass is 16.6. The minimum absolute atomic E-state index is 0.192. The van der Waals surface area contributed by atoms with Gasteiger partial charge in [-0.05, 0) is 6.42 Å². The van der Waals surface area contributed by atoms with Gasteiger partial charge in [0.15, 0.2) is 0 Å². The molecule has 0 bridgehead atoms. The van der Waals surface area contributed by atoms with Gasteiger partial charge in [0.25, 0.3) is 5.91 Å². The normalized spacial score (nSPS) is 16.4. The molecule has 15 heavy (non-hydrogen) atoms. The monoisotopic (exact) mass is 209 g/mol. The molecule has 1 heterocycles. The molecular weight excluding hydrogens is 194 g/mol. The third-order valence-electron chi connectivity index (χ3n) is 1.96. The van der Waals surface area contributed by atoms with Gasteiger partial charge >= 0.3 is 0 Å². The first kappa shape index (κ1) is 11.4. The van der Waals surface area contributed by atoms with Crippen molar-refractivity contribution in [3.05, 3.63) is 12.0 Å². The van der Waals surface area contributed by atoms with Crippen LogP contribution in [0.25, 0.3) is 0 Å². The van der Waals surface area contributed by atoms with E-state index in [1.54, 1.807) is 0 Å². The fraction of sp³-hybridized carbons (Fsp3) is 0.545. The highest BCUT2D eigenvalue weighted by Crippen LogP contribution is 2.05. The Bertz CT molecular complexity index is 291. The summed E-state index contributed by atoms with van der Waals surface area (Å²) in [7, 11) is 0. The highest BCUT2D eigenvalue weighted by Gasteiger charge is 2.17. The number of amides is 1. The van der Waals surface area contributed by atoms with Gasteiger partial charge in [-0.3, -0.25) is 4.79 Å². The summed E-state index contributed by atoms with van der Waals surface area (Å²) in [6.07, 6.45) is 8.28. The number of terminal acetylenes is 1. The second kappa shape index (κ2) is 5.97. The predicted octanol–water partition coefficient (Wildman–Crippen LogP) is 0.793. The van der Waals surface area contributed by atoms with E-state index in [9.17, 15) is 4.79 Å². The van der Waals surface area contributed by atoms with Crippen LogP contribution < -0.4 is 5.32 Å². The van der Waals surface area contributed by atoms with Gasteiger partial charge in [-0.2, -0.15) is 0 Å². The molecular formula is C11H15NO3. The van der Waals surface area contributed by atoms with Gasteiger partial charge in [0.05, 0.1) is 6.04 Å². The van der Waals surface area contributed by atoms with Gasteiger partial charge in [-0.1, -0.05) is 19.3 Å². The topological polar surface area (TPSA) is 47.6 Å². The van der Waals surface area contributed by atoms with Crippen LogP contribution in [0.15, 0.2) is 12.0 Å². The van der Waals surface area contributed by atoms with Crippen molar-refractivity contribution in [2.75, 3.05) is 13.2 Å².